The summed E-state index contributed by atoms with van der Waals surface area (Å²) in [7, 11) is 0. The van der Waals surface area contributed by atoms with Crippen LogP contribution < -0.4 is 0 Å². The van der Waals surface area contributed by atoms with Crippen LogP contribution in [0, 0.1) is 10.1 Å². The maximum absolute atomic E-state index is 13.4. The van der Waals surface area contributed by atoms with Crippen LogP contribution in [0.25, 0.3) is 10.9 Å². The fourth-order valence-electron chi connectivity index (χ4n) is 5.02. The van der Waals surface area contributed by atoms with E-state index in [1.165, 1.54) is 12.1 Å². The summed E-state index contributed by atoms with van der Waals surface area (Å²) >= 11 is 0. The number of carbonyl (C=O) groups is 2. The van der Waals surface area contributed by atoms with Crippen molar-refractivity contribution >= 4 is 28.4 Å². The van der Waals surface area contributed by atoms with Crippen LogP contribution in [0.5, 0.6) is 0 Å². The van der Waals surface area contributed by atoms with Crippen LogP contribution in [0.4, 0.5) is 5.69 Å². The molecule has 0 saturated carbocycles. The topological polar surface area (TPSA) is 99.5 Å². The van der Waals surface area contributed by atoms with Crippen molar-refractivity contribution in [2.45, 2.75) is 38.3 Å². The lowest BCUT2D eigenvalue weighted by Gasteiger charge is -2.47. The number of hydrogen-bond acceptors (Lipinski definition) is 4. The highest BCUT2D eigenvalue weighted by molar-refractivity contribution is 5.97. The second-order valence-electron chi connectivity index (χ2n) is 8.45. The number of amides is 2. The van der Waals surface area contributed by atoms with Crippen LogP contribution in [-0.2, 0) is 16.0 Å². The van der Waals surface area contributed by atoms with Gasteiger partial charge in [0.25, 0.3) is 5.69 Å². The number of nitrogens with zero attached hydrogens (tertiary/aromatic N) is 3. The first-order valence-electron chi connectivity index (χ1n) is 10.9. The summed E-state index contributed by atoms with van der Waals surface area (Å²) in [6, 6.07) is 13.0. The van der Waals surface area contributed by atoms with Gasteiger partial charge in [0.15, 0.2) is 0 Å². The Morgan fingerprint density at radius 2 is 1.97 bits per heavy atom. The second-order valence-corrected chi connectivity index (χ2v) is 8.45. The molecule has 0 bridgehead atoms. The van der Waals surface area contributed by atoms with Gasteiger partial charge in [0.05, 0.1) is 17.5 Å². The first-order valence-corrected chi connectivity index (χ1v) is 10.9. The predicted octanol–water partition coefficient (Wildman–Crippen LogP) is 3.56. The summed E-state index contributed by atoms with van der Waals surface area (Å²) in [6.07, 6.45) is 2.21. The van der Waals surface area contributed by atoms with Gasteiger partial charge < -0.3 is 14.8 Å². The van der Waals surface area contributed by atoms with Gasteiger partial charge >= 0.3 is 0 Å². The molecule has 1 fully saturated rings. The van der Waals surface area contributed by atoms with E-state index in [2.05, 4.69) is 11.9 Å². The van der Waals surface area contributed by atoms with Gasteiger partial charge in [0, 0.05) is 41.7 Å². The zero-order valence-electron chi connectivity index (χ0n) is 17.8. The van der Waals surface area contributed by atoms with Crippen molar-refractivity contribution in [2.24, 2.45) is 0 Å². The number of nitrogens with one attached hydrogen (secondary N) is 1. The summed E-state index contributed by atoms with van der Waals surface area (Å²) < 4.78 is 0. The highest BCUT2D eigenvalue weighted by Crippen LogP contribution is 2.43. The number of hydrogen-bond donors (Lipinski definition) is 1. The number of para-hydroxylation sites is 1. The van der Waals surface area contributed by atoms with Gasteiger partial charge in [0.2, 0.25) is 11.8 Å². The predicted molar refractivity (Wildman–Crippen MR) is 119 cm³/mol. The molecule has 2 aliphatic rings. The lowest BCUT2D eigenvalue weighted by atomic mass is 9.86. The molecule has 8 nitrogen and oxygen atoms in total. The molecule has 2 aliphatic heterocycles. The van der Waals surface area contributed by atoms with Crippen molar-refractivity contribution in [2.75, 3.05) is 13.1 Å². The molecule has 1 N–H and O–H groups in total. The third kappa shape index (κ3) is 3.14. The van der Waals surface area contributed by atoms with E-state index < -0.39 is 17.0 Å². The molecule has 0 aliphatic carbocycles. The van der Waals surface area contributed by atoms with Crippen LogP contribution in [0.2, 0.25) is 0 Å². The molecule has 2 amide bonds. The molecule has 0 radical (unpaired) electrons. The van der Waals surface area contributed by atoms with E-state index in [0.29, 0.717) is 18.5 Å². The number of piperazine rings is 1. The van der Waals surface area contributed by atoms with E-state index in [0.717, 1.165) is 35.0 Å². The molecular weight excluding hydrogens is 408 g/mol. The zero-order valence-corrected chi connectivity index (χ0v) is 17.8. The minimum absolute atomic E-state index is 0.0380. The van der Waals surface area contributed by atoms with Crippen molar-refractivity contribution < 1.29 is 14.5 Å². The summed E-state index contributed by atoms with van der Waals surface area (Å²) in [5.74, 6) is -0.184. The highest BCUT2D eigenvalue weighted by atomic mass is 16.6. The maximum atomic E-state index is 13.4. The third-order valence-corrected chi connectivity index (χ3v) is 6.52. The van der Waals surface area contributed by atoms with Gasteiger partial charge in [-0.25, -0.2) is 0 Å². The number of unbranched alkanes of at least 4 members (excludes halogenated alkanes) is 1. The van der Waals surface area contributed by atoms with Gasteiger partial charge in [-0.1, -0.05) is 43.7 Å². The van der Waals surface area contributed by atoms with Gasteiger partial charge in [-0.05, 0) is 23.6 Å². The Labute approximate surface area is 185 Å². The summed E-state index contributed by atoms with van der Waals surface area (Å²) in [6.45, 7) is 2.66. The number of H-pyrrole nitrogens is 1. The summed E-state index contributed by atoms with van der Waals surface area (Å²) in [4.78, 5) is 44.5. The number of aromatic amines is 1. The van der Waals surface area contributed by atoms with Gasteiger partial charge in [-0.2, -0.15) is 0 Å². The van der Waals surface area contributed by atoms with Crippen molar-refractivity contribution in [3.8, 4) is 0 Å². The van der Waals surface area contributed by atoms with Crippen molar-refractivity contribution in [3.05, 3.63) is 75.5 Å². The van der Waals surface area contributed by atoms with E-state index in [1.807, 2.05) is 24.3 Å². The monoisotopic (exact) mass is 432 g/mol. The molecular formula is C24H24N4O4. The summed E-state index contributed by atoms with van der Waals surface area (Å²) in [5, 5.41) is 12.4. The lowest BCUT2D eigenvalue weighted by molar-refractivity contribution is -0.384. The van der Waals surface area contributed by atoms with E-state index in [9.17, 15) is 19.7 Å². The Morgan fingerprint density at radius 3 is 2.75 bits per heavy atom. The molecule has 32 heavy (non-hydrogen) atoms. The van der Waals surface area contributed by atoms with E-state index in [1.54, 1.807) is 21.9 Å². The second kappa shape index (κ2) is 7.78. The minimum Gasteiger partial charge on any atom is -0.356 e. The maximum Gasteiger partial charge on any atom is 0.269 e. The largest absolute Gasteiger partial charge is 0.356 e. The minimum atomic E-state index is -0.621. The fourth-order valence-corrected chi connectivity index (χ4v) is 5.02. The fraction of sp³-hybridized carbons (Fsp3) is 0.333. The first-order chi connectivity index (χ1) is 15.5. The smallest absolute Gasteiger partial charge is 0.269 e. The number of fused-ring (bicyclic) bond motifs is 4. The Morgan fingerprint density at radius 1 is 1.16 bits per heavy atom. The van der Waals surface area contributed by atoms with Crippen LogP contribution >= 0.6 is 0 Å². The Balaban J connectivity index is 1.68. The van der Waals surface area contributed by atoms with Crippen molar-refractivity contribution in [1.29, 1.82) is 0 Å². The lowest BCUT2D eigenvalue weighted by Crippen LogP contribution is -2.63. The van der Waals surface area contributed by atoms with Crippen molar-refractivity contribution in [1.82, 2.24) is 14.8 Å². The van der Waals surface area contributed by atoms with Gasteiger partial charge in [-0.15, -0.1) is 0 Å². The number of aromatic nitrogens is 1. The average Bonchev–Trinajstić information content (AvgIpc) is 3.17. The molecule has 164 valence electrons. The van der Waals surface area contributed by atoms with Crippen LogP contribution in [-0.4, -0.2) is 50.7 Å². The van der Waals surface area contributed by atoms with Crippen molar-refractivity contribution in [3.63, 3.8) is 0 Å². The Kier molecular flexibility index (Phi) is 4.92. The van der Waals surface area contributed by atoms with E-state index in [-0.39, 0.29) is 24.0 Å². The van der Waals surface area contributed by atoms with Gasteiger partial charge in [0.1, 0.15) is 6.04 Å². The number of nitro groups is 1. The first kappa shape index (κ1) is 20.2. The standard InChI is InChI=1S/C24H24N4O4/c1-2-3-11-26-14-21(29)27-20(24(26)30)13-18-17-9-4-5-10-19(17)25-22(18)23(27)15-7-6-8-16(12-15)28(31)32/h4-10,12,20,23,25H,2-3,11,13-14H2,1H3/t20-,23-/m1/s1. The number of carbonyl (C=O) groups excluding carboxylic acids is 2. The Hall–Kier alpha value is -3.68. The zero-order chi connectivity index (χ0) is 22.4. The number of benzene rings is 2. The summed E-state index contributed by atoms with van der Waals surface area (Å²) in [5.41, 5.74) is 3.33. The molecule has 8 heteroatoms. The molecule has 3 heterocycles. The molecule has 1 saturated heterocycles. The number of non-ortho nitro benzene ring substituents is 1. The van der Waals surface area contributed by atoms with Crippen LogP contribution in [0.15, 0.2) is 48.5 Å². The average molecular weight is 432 g/mol. The highest BCUT2D eigenvalue weighted by Gasteiger charge is 2.48. The third-order valence-electron chi connectivity index (χ3n) is 6.52. The molecule has 1 aromatic heterocycles. The SMILES string of the molecule is CCCCN1CC(=O)N2[C@H](c3cccc([N+](=O)[O-])c3)c3[nH]c4ccccc4c3C[C@@H]2C1=O. The normalized spacial score (nSPS) is 20.4. The quantitative estimate of drug-likeness (QED) is 0.492. The molecule has 2 atom stereocenters. The molecule has 0 spiro atoms. The van der Waals surface area contributed by atoms with E-state index >= 15 is 0 Å². The van der Waals surface area contributed by atoms with Crippen LogP contribution in [0.3, 0.4) is 0 Å². The van der Waals surface area contributed by atoms with Gasteiger partial charge in [-0.3, -0.25) is 19.7 Å². The Bertz CT molecular complexity index is 1230. The van der Waals surface area contributed by atoms with E-state index in [4.69, 9.17) is 0 Å². The molecule has 2 aromatic carbocycles. The number of rotatable bonds is 5. The number of nitro benzene ring substituents is 1. The molecule has 0 unspecified atom stereocenters. The molecule has 5 rings (SSSR count). The van der Waals surface area contributed by atoms with Crippen LogP contribution in [0.1, 0.15) is 42.6 Å². The molecule has 3 aromatic rings.